The third-order valence-electron chi connectivity index (χ3n) is 3.80. The van der Waals surface area contributed by atoms with E-state index in [0.717, 1.165) is 5.56 Å². The Morgan fingerprint density at radius 2 is 1.81 bits per heavy atom. The van der Waals surface area contributed by atoms with Crippen LogP contribution in [0.15, 0.2) is 48.5 Å². The number of carboxylic acids is 1. The number of methoxy groups -OCH3 is 1. The third-order valence-corrected chi connectivity index (χ3v) is 3.80. The van der Waals surface area contributed by atoms with Gasteiger partial charge in [-0.2, -0.15) is 8.78 Å². The zero-order valence-electron chi connectivity index (χ0n) is 14.5. The first kappa shape index (κ1) is 20.2. The SMILES string of the molecule is COc1cc(C(=O)NC(CCC(=O)O)c2ccccc2)ccc1OC(F)F. The van der Waals surface area contributed by atoms with Crippen molar-refractivity contribution in [3.8, 4) is 11.5 Å². The second-order valence-electron chi connectivity index (χ2n) is 5.61. The van der Waals surface area contributed by atoms with Crippen LogP contribution in [-0.4, -0.2) is 30.7 Å². The number of carbonyl (C=O) groups is 2. The summed E-state index contributed by atoms with van der Waals surface area (Å²) in [6, 6.07) is 12.3. The van der Waals surface area contributed by atoms with Crippen molar-refractivity contribution in [2.75, 3.05) is 7.11 Å². The van der Waals surface area contributed by atoms with Crippen molar-refractivity contribution in [3.05, 3.63) is 59.7 Å². The number of carboxylic acid groups (broad SMARTS) is 1. The number of nitrogens with one attached hydrogen (secondary N) is 1. The summed E-state index contributed by atoms with van der Waals surface area (Å²) in [6.07, 6.45) is 0.0825. The summed E-state index contributed by atoms with van der Waals surface area (Å²) in [5.74, 6) is -1.66. The molecule has 1 unspecified atom stereocenters. The number of ether oxygens (including phenoxy) is 2. The van der Waals surface area contributed by atoms with Crippen molar-refractivity contribution in [1.82, 2.24) is 5.32 Å². The van der Waals surface area contributed by atoms with Crippen molar-refractivity contribution in [3.63, 3.8) is 0 Å². The fourth-order valence-electron chi connectivity index (χ4n) is 2.52. The van der Waals surface area contributed by atoms with Crippen LogP contribution in [0.3, 0.4) is 0 Å². The Morgan fingerprint density at radius 1 is 1.11 bits per heavy atom. The average molecular weight is 379 g/mol. The molecule has 8 heteroatoms. The van der Waals surface area contributed by atoms with Gasteiger partial charge < -0.3 is 19.9 Å². The average Bonchev–Trinajstić information content (AvgIpc) is 2.65. The first-order valence-electron chi connectivity index (χ1n) is 8.11. The lowest BCUT2D eigenvalue weighted by Gasteiger charge is -2.19. The van der Waals surface area contributed by atoms with Crippen LogP contribution in [-0.2, 0) is 4.79 Å². The van der Waals surface area contributed by atoms with Crippen LogP contribution in [0, 0.1) is 0 Å². The van der Waals surface area contributed by atoms with Gasteiger partial charge in [-0.05, 0) is 30.2 Å². The lowest BCUT2D eigenvalue weighted by atomic mass is 10.0. The van der Waals surface area contributed by atoms with Crippen molar-refractivity contribution in [2.24, 2.45) is 0 Å². The van der Waals surface area contributed by atoms with Crippen molar-refractivity contribution < 1.29 is 33.0 Å². The van der Waals surface area contributed by atoms with Crippen LogP contribution in [0.4, 0.5) is 8.78 Å². The van der Waals surface area contributed by atoms with Gasteiger partial charge in [-0.3, -0.25) is 9.59 Å². The van der Waals surface area contributed by atoms with E-state index < -0.39 is 24.5 Å². The molecule has 0 aliphatic heterocycles. The van der Waals surface area contributed by atoms with Gasteiger partial charge in [-0.1, -0.05) is 30.3 Å². The van der Waals surface area contributed by atoms with Gasteiger partial charge in [0.15, 0.2) is 11.5 Å². The fourth-order valence-corrected chi connectivity index (χ4v) is 2.52. The van der Waals surface area contributed by atoms with Crippen LogP contribution < -0.4 is 14.8 Å². The summed E-state index contributed by atoms with van der Waals surface area (Å²) in [5.41, 5.74) is 0.932. The number of aliphatic carboxylic acids is 1. The lowest BCUT2D eigenvalue weighted by molar-refractivity contribution is -0.137. The lowest BCUT2D eigenvalue weighted by Crippen LogP contribution is -2.29. The van der Waals surface area contributed by atoms with Gasteiger partial charge >= 0.3 is 12.6 Å². The molecular formula is C19H19F2NO5. The van der Waals surface area contributed by atoms with Crippen molar-refractivity contribution >= 4 is 11.9 Å². The van der Waals surface area contributed by atoms with Crippen molar-refractivity contribution in [1.29, 1.82) is 0 Å². The van der Waals surface area contributed by atoms with E-state index in [1.165, 1.54) is 25.3 Å². The van der Waals surface area contributed by atoms with Crippen LogP contribution >= 0.6 is 0 Å². The molecule has 1 atom stereocenters. The maximum absolute atomic E-state index is 12.6. The highest BCUT2D eigenvalue weighted by Crippen LogP contribution is 2.30. The smallest absolute Gasteiger partial charge is 0.387 e. The topological polar surface area (TPSA) is 84.9 Å². The largest absolute Gasteiger partial charge is 0.493 e. The minimum absolute atomic E-state index is 0.00949. The number of hydrogen-bond donors (Lipinski definition) is 2. The third kappa shape index (κ3) is 5.95. The van der Waals surface area contributed by atoms with E-state index in [4.69, 9.17) is 9.84 Å². The van der Waals surface area contributed by atoms with E-state index in [9.17, 15) is 18.4 Å². The monoisotopic (exact) mass is 379 g/mol. The van der Waals surface area contributed by atoms with Crippen molar-refractivity contribution in [2.45, 2.75) is 25.5 Å². The minimum atomic E-state index is -3.02. The van der Waals surface area contributed by atoms with E-state index in [1.807, 2.05) is 6.07 Å². The summed E-state index contributed by atoms with van der Waals surface area (Å²) < 4.78 is 34.1. The van der Waals surface area contributed by atoms with Gasteiger partial charge in [0.2, 0.25) is 0 Å². The number of amides is 1. The van der Waals surface area contributed by atoms with E-state index in [0.29, 0.717) is 0 Å². The summed E-state index contributed by atoms with van der Waals surface area (Å²) in [5, 5.41) is 11.7. The molecule has 0 aliphatic rings. The maximum atomic E-state index is 12.6. The highest BCUT2D eigenvalue weighted by molar-refractivity contribution is 5.95. The molecule has 0 fully saturated rings. The van der Waals surface area contributed by atoms with Crippen LogP contribution in [0.2, 0.25) is 0 Å². The molecule has 0 aliphatic carbocycles. The first-order chi connectivity index (χ1) is 12.9. The second kappa shape index (κ2) is 9.51. The Kier molecular flexibility index (Phi) is 7.10. The Labute approximate surface area is 154 Å². The van der Waals surface area contributed by atoms with Gasteiger partial charge in [0.1, 0.15) is 0 Å². The summed E-state index contributed by atoms with van der Waals surface area (Å²) >= 11 is 0. The van der Waals surface area contributed by atoms with Gasteiger partial charge in [0.05, 0.1) is 13.2 Å². The molecule has 2 aromatic carbocycles. The number of hydrogen-bond acceptors (Lipinski definition) is 4. The molecule has 0 aromatic heterocycles. The number of rotatable bonds is 9. The summed E-state index contributed by atoms with van der Waals surface area (Å²) in [4.78, 5) is 23.5. The Bertz CT molecular complexity index is 783. The zero-order chi connectivity index (χ0) is 19.8. The number of carbonyl (C=O) groups excluding carboxylic acids is 1. The van der Waals surface area contributed by atoms with Gasteiger partial charge in [0, 0.05) is 12.0 Å². The van der Waals surface area contributed by atoms with Gasteiger partial charge in [-0.15, -0.1) is 0 Å². The molecule has 2 rings (SSSR count). The molecule has 0 bridgehead atoms. The predicted molar refractivity (Wildman–Crippen MR) is 93.1 cm³/mol. The fraction of sp³-hybridized carbons (Fsp3) is 0.263. The van der Waals surface area contributed by atoms with E-state index in [1.54, 1.807) is 24.3 Å². The Hall–Kier alpha value is -3.16. The number of benzene rings is 2. The Balaban J connectivity index is 2.20. The molecule has 27 heavy (non-hydrogen) atoms. The van der Waals surface area contributed by atoms with E-state index in [2.05, 4.69) is 10.1 Å². The van der Waals surface area contributed by atoms with E-state index in [-0.39, 0.29) is 29.9 Å². The molecule has 1 amide bonds. The molecular weight excluding hydrogens is 360 g/mol. The quantitative estimate of drug-likeness (QED) is 0.695. The standard InChI is InChI=1S/C19H19F2NO5/c1-26-16-11-13(7-9-15(16)27-19(20)21)18(25)22-14(8-10-17(23)24)12-5-3-2-4-6-12/h2-7,9,11,14,19H,8,10H2,1H3,(H,22,25)(H,23,24). The van der Waals surface area contributed by atoms with Crippen LogP contribution in [0.1, 0.15) is 34.8 Å². The molecule has 2 aromatic rings. The molecule has 0 saturated heterocycles. The molecule has 6 nitrogen and oxygen atoms in total. The van der Waals surface area contributed by atoms with Gasteiger partial charge in [-0.25, -0.2) is 0 Å². The Morgan fingerprint density at radius 3 is 2.41 bits per heavy atom. The molecule has 144 valence electrons. The maximum Gasteiger partial charge on any atom is 0.387 e. The summed E-state index contributed by atoms with van der Waals surface area (Å²) in [6.45, 7) is -3.02. The zero-order valence-corrected chi connectivity index (χ0v) is 14.5. The van der Waals surface area contributed by atoms with Crippen LogP contribution in [0.25, 0.3) is 0 Å². The van der Waals surface area contributed by atoms with Crippen LogP contribution in [0.5, 0.6) is 11.5 Å². The molecule has 2 N–H and O–H groups in total. The number of alkyl halides is 2. The minimum Gasteiger partial charge on any atom is -0.493 e. The second-order valence-corrected chi connectivity index (χ2v) is 5.61. The number of halogens is 2. The highest BCUT2D eigenvalue weighted by atomic mass is 19.3. The molecule has 0 saturated carbocycles. The highest BCUT2D eigenvalue weighted by Gasteiger charge is 2.19. The normalized spacial score (nSPS) is 11.7. The van der Waals surface area contributed by atoms with Gasteiger partial charge in [0.25, 0.3) is 5.91 Å². The first-order valence-corrected chi connectivity index (χ1v) is 8.11. The molecule has 0 radical (unpaired) electrons. The van der Waals surface area contributed by atoms with E-state index >= 15 is 0 Å². The molecule has 0 heterocycles. The molecule has 0 spiro atoms. The predicted octanol–water partition coefficient (Wildman–Crippen LogP) is 3.63. The summed E-state index contributed by atoms with van der Waals surface area (Å²) in [7, 11) is 1.27.